The smallest absolute Gasteiger partial charge is 0.119 e. The first-order valence-electron chi connectivity index (χ1n) is 7.73. The second-order valence-electron chi connectivity index (χ2n) is 5.52. The number of rotatable bonds is 6. The second-order valence-corrected chi connectivity index (χ2v) is 5.52. The molecule has 4 heteroatoms. The Bertz CT molecular complexity index is 752. The summed E-state index contributed by atoms with van der Waals surface area (Å²) in [5.74, 6) is 0.879. The zero-order valence-electron chi connectivity index (χ0n) is 13.4. The number of nitrogens with one attached hydrogen (secondary N) is 2. The third-order valence-corrected chi connectivity index (χ3v) is 3.97. The monoisotopic (exact) mass is 307 g/mol. The summed E-state index contributed by atoms with van der Waals surface area (Å²) < 4.78 is 5.29. The Balaban J connectivity index is 1.70. The van der Waals surface area contributed by atoms with Gasteiger partial charge in [-0.15, -0.1) is 0 Å². The molecule has 0 bridgehead atoms. The summed E-state index contributed by atoms with van der Waals surface area (Å²) in [5.41, 5.74) is 4.58. The summed E-state index contributed by atoms with van der Waals surface area (Å²) in [5, 5.41) is 10.8. The molecule has 2 aromatic carbocycles. The van der Waals surface area contributed by atoms with E-state index in [2.05, 4.69) is 46.7 Å². The van der Waals surface area contributed by atoms with Crippen molar-refractivity contribution in [3.8, 4) is 17.0 Å². The van der Waals surface area contributed by atoms with Gasteiger partial charge in [0.05, 0.1) is 19.0 Å². The predicted molar refractivity (Wildman–Crippen MR) is 92.3 cm³/mol. The fraction of sp³-hybridized carbons (Fsp3) is 0.211. The molecule has 0 aliphatic carbocycles. The highest BCUT2D eigenvalue weighted by molar-refractivity contribution is 5.62. The van der Waals surface area contributed by atoms with Crippen LogP contribution in [0.1, 0.15) is 24.1 Å². The lowest BCUT2D eigenvalue weighted by molar-refractivity contribution is 0.413. The van der Waals surface area contributed by atoms with Gasteiger partial charge in [-0.05, 0) is 30.2 Å². The van der Waals surface area contributed by atoms with Crippen molar-refractivity contribution in [1.29, 1.82) is 0 Å². The van der Waals surface area contributed by atoms with Gasteiger partial charge in [-0.1, -0.05) is 42.5 Å². The highest BCUT2D eigenvalue weighted by Crippen LogP contribution is 2.22. The van der Waals surface area contributed by atoms with Crippen molar-refractivity contribution in [2.24, 2.45) is 0 Å². The van der Waals surface area contributed by atoms with Gasteiger partial charge >= 0.3 is 0 Å². The SMILES string of the molecule is COc1cccc([C@@H](C)NCc2cn[nH]c2-c2ccccc2)c1. The minimum atomic E-state index is 0.226. The van der Waals surface area contributed by atoms with Crippen LogP contribution in [0.25, 0.3) is 11.3 Å². The summed E-state index contributed by atoms with van der Waals surface area (Å²) in [6.45, 7) is 2.90. The number of nitrogens with zero attached hydrogens (tertiary/aromatic N) is 1. The maximum atomic E-state index is 5.29. The molecule has 0 unspecified atom stereocenters. The highest BCUT2D eigenvalue weighted by atomic mass is 16.5. The molecule has 118 valence electrons. The first-order valence-corrected chi connectivity index (χ1v) is 7.73. The average molecular weight is 307 g/mol. The second kappa shape index (κ2) is 7.11. The molecule has 1 heterocycles. The zero-order valence-corrected chi connectivity index (χ0v) is 13.4. The average Bonchev–Trinajstić information content (AvgIpc) is 3.09. The quantitative estimate of drug-likeness (QED) is 0.725. The van der Waals surface area contributed by atoms with Crippen molar-refractivity contribution in [3.63, 3.8) is 0 Å². The minimum absolute atomic E-state index is 0.226. The number of aromatic nitrogens is 2. The van der Waals surface area contributed by atoms with E-state index >= 15 is 0 Å². The van der Waals surface area contributed by atoms with E-state index in [0.29, 0.717) is 0 Å². The molecule has 3 rings (SSSR count). The molecular formula is C19H21N3O. The maximum absolute atomic E-state index is 5.29. The van der Waals surface area contributed by atoms with Crippen LogP contribution in [0.4, 0.5) is 0 Å². The van der Waals surface area contributed by atoms with E-state index < -0.39 is 0 Å². The van der Waals surface area contributed by atoms with Gasteiger partial charge in [-0.3, -0.25) is 5.10 Å². The number of hydrogen-bond donors (Lipinski definition) is 2. The van der Waals surface area contributed by atoms with Crippen LogP contribution in [0.15, 0.2) is 60.8 Å². The topological polar surface area (TPSA) is 49.9 Å². The van der Waals surface area contributed by atoms with Gasteiger partial charge in [0.15, 0.2) is 0 Å². The van der Waals surface area contributed by atoms with Gasteiger partial charge in [0, 0.05) is 18.2 Å². The number of H-pyrrole nitrogens is 1. The van der Waals surface area contributed by atoms with Crippen molar-refractivity contribution in [2.75, 3.05) is 7.11 Å². The molecule has 4 nitrogen and oxygen atoms in total. The van der Waals surface area contributed by atoms with Gasteiger partial charge in [0.2, 0.25) is 0 Å². The van der Waals surface area contributed by atoms with Crippen molar-refractivity contribution in [1.82, 2.24) is 15.5 Å². The van der Waals surface area contributed by atoms with Gasteiger partial charge in [-0.2, -0.15) is 5.10 Å². The standard InChI is InChI=1S/C19H21N3O/c1-14(16-9-6-10-18(11-16)23-2)20-12-17-13-21-22-19(17)15-7-4-3-5-8-15/h3-11,13-14,20H,12H2,1-2H3,(H,21,22)/t14-/m1/s1. The predicted octanol–water partition coefficient (Wildman–Crippen LogP) is 3.94. The fourth-order valence-electron chi connectivity index (χ4n) is 2.59. The third kappa shape index (κ3) is 3.60. The number of hydrogen-bond acceptors (Lipinski definition) is 3. The van der Waals surface area contributed by atoms with Gasteiger partial charge in [-0.25, -0.2) is 0 Å². The first kappa shape index (κ1) is 15.3. The molecule has 1 aromatic heterocycles. The Morgan fingerprint density at radius 1 is 1.13 bits per heavy atom. The molecule has 3 aromatic rings. The van der Waals surface area contributed by atoms with E-state index in [4.69, 9.17) is 4.74 Å². The number of ether oxygens (including phenoxy) is 1. The molecule has 0 spiro atoms. The summed E-state index contributed by atoms with van der Waals surface area (Å²) in [6.07, 6.45) is 1.88. The van der Waals surface area contributed by atoms with Crippen molar-refractivity contribution >= 4 is 0 Å². The lowest BCUT2D eigenvalue weighted by Crippen LogP contribution is -2.18. The van der Waals surface area contributed by atoms with E-state index in [1.807, 2.05) is 36.5 Å². The Kier molecular flexibility index (Phi) is 4.74. The van der Waals surface area contributed by atoms with Gasteiger partial charge < -0.3 is 10.1 Å². The van der Waals surface area contributed by atoms with E-state index in [0.717, 1.165) is 29.1 Å². The first-order chi connectivity index (χ1) is 11.3. The molecule has 0 fully saturated rings. The van der Waals surface area contributed by atoms with Crippen LogP contribution in [0.3, 0.4) is 0 Å². The largest absolute Gasteiger partial charge is 0.497 e. The molecule has 1 atom stereocenters. The molecule has 0 saturated heterocycles. The molecule has 0 saturated carbocycles. The van der Waals surface area contributed by atoms with Gasteiger partial charge in [0.1, 0.15) is 5.75 Å². The highest BCUT2D eigenvalue weighted by Gasteiger charge is 2.10. The normalized spacial score (nSPS) is 12.1. The fourth-order valence-corrected chi connectivity index (χ4v) is 2.59. The van der Waals surface area contributed by atoms with Gasteiger partial charge in [0.25, 0.3) is 0 Å². The molecule has 0 amide bonds. The zero-order chi connectivity index (χ0) is 16.1. The van der Waals surface area contributed by atoms with Crippen molar-refractivity contribution < 1.29 is 4.74 Å². The minimum Gasteiger partial charge on any atom is -0.497 e. The van der Waals surface area contributed by atoms with Crippen LogP contribution < -0.4 is 10.1 Å². The van der Waals surface area contributed by atoms with Crippen LogP contribution >= 0.6 is 0 Å². The summed E-state index contributed by atoms with van der Waals surface area (Å²) in [7, 11) is 1.69. The lowest BCUT2D eigenvalue weighted by Gasteiger charge is -2.15. The number of aromatic amines is 1. The third-order valence-electron chi connectivity index (χ3n) is 3.97. The van der Waals surface area contributed by atoms with E-state index in [1.54, 1.807) is 7.11 Å². The summed E-state index contributed by atoms with van der Waals surface area (Å²) in [4.78, 5) is 0. The molecule has 0 aliphatic heterocycles. The van der Waals surface area contributed by atoms with Crippen LogP contribution in [-0.4, -0.2) is 17.3 Å². The molecule has 0 radical (unpaired) electrons. The van der Waals surface area contributed by atoms with Crippen LogP contribution in [0, 0.1) is 0 Å². The van der Waals surface area contributed by atoms with E-state index in [9.17, 15) is 0 Å². The molecule has 0 aliphatic rings. The number of methoxy groups -OCH3 is 1. The van der Waals surface area contributed by atoms with E-state index in [1.165, 1.54) is 5.56 Å². The van der Waals surface area contributed by atoms with Crippen LogP contribution in [-0.2, 0) is 6.54 Å². The molecule has 23 heavy (non-hydrogen) atoms. The Morgan fingerprint density at radius 2 is 1.96 bits per heavy atom. The molecular weight excluding hydrogens is 286 g/mol. The lowest BCUT2D eigenvalue weighted by atomic mass is 10.1. The maximum Gasteiger partial charge on any atom is 0.119 e. The molecule has 2 N–H and O–H groups in total. The summed E-state index contributed by atoms with van der Waals surface area (Å²) in [6, 6.07) is 18.6. The Labute approximate surface area is 136 Å². The Hall–Kier alpha value is -2.59. The van der Waals surface area contributed by atoms with Crippen molar-refractivity contribution in [2.45, 2.75) is 19.5 Å². The van der Waals surface area contributed by atoms with Crippen molar-refractivity contribution in [3.05, 3.63) is 71.9 Å². The Morgan fingerprint density at radius 3 is 2.74 bits per heavy atom. The summed E-state index contributed by atoms with van der Waals surface area (Å²) >= 11 is 0. The van der Waals surface area contributed by atoms with Crippen LogP contribution in [0.2, 0.25) is 0 Å². The number of benzene rings is 2. The van der Waals surface area contributed by atoms with Crippen LogP contribution in [0.5, 0.6) is 5.75 Å². The van der Waals surface area contributed by atoms with E-state index in [-0.39, 0.29) is 6.04 Å².